The summed E-state index contributed by atoms with van der Waals surface area (Å²) in [7, 11) is 0. The van der Waals surface area contributed by atoms with Gasteiger partial charge in [-0.3, -0.25) is 4.79 Å². The first kappa shape index (κ1) is 13.8. The average molecular weight is 290 g/mol. The number of nitrogens with one attached hydrogen (secondary N) is 1. The first-order valence-corrected chi connectivity index (χ1v) is 7.08. The summed E-state index contributed by atoms with van der Waals surface area (Å²) in [6, 6.07) is 0. The maximum Gasteiger partial charge on any atom is 0.263 e. The van der Waals surface area contributed by atoms with E-state index in [0.29, 0.717) is 36.0 Å². The molecule has 2 rings (SSSR count). The minimum atomic E-state index is -0.573. The van der Waals surface area contributed by atoms with Gasteiger partial charge >= 0.3 is 0 Å². The van der Waals surface area contributed by atoms with Crippen molar-refractivity contribution < 1.29 is 14.6 Å². The van der Waals surface area contributed by atoms with Gasteiger partial charge in [-0.25, -0.2) is 0 Å². The second kappa shape index (κ2) is 5.57. The van der Waals surface area contributed by atoms with Gasteiger partial charge in [-0.05, 0) is 30.7 Å². The summed E-state index contributed by atoms with van der Waals surface area (Å²) in [5, 5.41) is 14.8. The molecule has 0 aliphatic carbocycles. The van der Waals surface area contributed by atoms with E-state index in [4.69, 9.17) is 16.3 Å². The van der Waals surface area contributed by atoms with Crippen LogP contribution in [0, 0.1) is 6.92 Å². The van der Waals surface area contributed by atoms with Gasteiger partial charge in [-0.15, -0.1) is 11.3 Å². The Balaban J connectivity index is 2.12. The van der Waals surface area contributed by atoms with Crippen molar-refractivity contribution in [3.05, 3.63) is 20.8 Å². The molecule has 100 valence electrons. The summed E-state index contributed by atoms with van der Waals surface area (Å²) in [5.41, 5.74) is 0.327. The minimum absolute atomic E-state index is 0.0793. The number of aryl methyl sites for hydroxylation is 1. The number of aliphatic hydroxyl groups is 1. The summed E-state index contributed by atoms with van der Waals surface area (Å²) < 4.78 is 5.26. The summed E-state index contributed by atoms with van der Waals surface area (Å²) in [6.07, 6.45) is 1.24. The third kappa shape index (κ3) is 2.69. The van der Waals surface area contributed by atoms with Crippen LogP contribution in [-0.4, -0.2) is 36.4 Å². The van der Waals surface area contributed by atoms with Gasteiger partial charge in [-0.2, -0.15) is 0 Å². The van der Waals surface area contributed by atoms with Gasteiger partial charge in [0.2, 0.25) is 0 Å². The van der Waals surface area contributed by atoms with Gasteiger partial charge in [0.05, 0.1) is 17.2 Å². The zero-order valence-corrected chi connectivity index (χ0v) is 11.7. The maximum absolute atomic E-state index is 12.2. The lowest BCUT2D eigenvalue weighted by Gasteiger charge is -2.36. The number of halogens is 1. The SMILES string of the molecule is Cc1csc(C(=O)NC2(CO)CCOCC2)c1Cl. The predicted molar refractivity (Wildman–Crippen MR) is 71.4 cm³/mol. The highest BCUT2D eigenvalue weighted by Crippen LogP contribution is 2.28. The summed E-state index contributed by atoms with van der Waals surface area (Å²) in [5.74, 6) is -0.214. The van der Waals surface area contributed by atoms with Crippen molar-refractivity contribution in [2.24, 2.45) is 0 Å². The average Bonchev–Trinajstić information content (AvgIpc) is 2.71. The topological polar surface area (TPSA) is 58.6 Å². The molecule has 0 spiro atoms. The maximum atomic E-state index is 12.2. The molecule has 0 radical (unpaired) electrons. The van der Waals surface area contributed by atoms with E-state index in [9.17, 15) is 9.90 Å². The lowest BCUT2D eigenvalue weighted by Crippen LogP contribution is -2.54. The van der Waals surface area contributed by atoms with E-state index in [1.54, 1.807) is 0 Å². The highest BCUT2D eigenvalue weighted by Gasteiger charge is 2.34. The molecule has 1 amide bonds. The van der Waals surface area contributed by atoms with Crippen LogP contribution < -0.4 is 5.32 Å². The normalized spacial score (nSPS) is 18.6. The zero-order chi connectivity index (χ0) is 13.2. The summed E-state index contributed by atoms with van der Waals surface area (Å²) in [6.45, 7) is 2.89. The van der Waals surface area contributed by atoms with E-state index in [1.807, 2.05) is 12.3 Å². The molecule has 1 aromatic heterocycles. The van der Waals surface area contributed by atoms with Crippen LogP contribution in [0.2, 0.25) is 5.02 Å². The largest absolute Gasteiger partial charge is 0.394 e. The van der Waals surface area contributed by atoms with Gasteiger partial charge in [0.1, 0.15) is 4.88 Å². The monoisotopic (exact) mass is 289 g/mol. The van der Waals surface area contributed by atoms with E-state index in [1.165, 1.54) is 11.3 Å². The lowest BCUT2D eigenvalue weighted by molar-refractivity contribution is 0.0126. The first-order chi connectivity index (χ1) is 8.58. The zero-order valence-electron chi connectivity index (χ0n) is 10.2. The Labute approximate surface area is 115 Å². The summed E-state index contributed by atoms with van der Waals surface area (Å²) >= 11 is 7.40. The highest BCUT2D eigenvalue weighted by molar-refractivity contribution is 7.13. The van der Waals surface area contributed by atoms with Gasteiger partial charge in [0.25, 0.3) is 5.91 Å². The van der Waals surface area contributed by atoms with Crippen LogP contribution in [0.1, 0.15) is 28.1 Å². The molecule has 1 saturated heterocycles. The Bertz CT molecular complexity index is 441. The fraction of sp³-hybridized carbons (Fsp3) is 0.583. The number of hydrogen-bond acceptors (Lipinski definition) is 4. The number of carbonyl (C=O) groups is 1. The minimum Gasteiger partial charge on any atom is -0.394 e. The van der Waals surface area contributed by atoms with E-state index in [0.717, 1.165) is 5.56 Å². The number of ether oxygens (including phenoxy) is 1. The van der Waals surface area contributed by atoms with E-state index < -0.39 is 5.54 Å². The van der Waals surface area contributed by atoms with Crippen molar-refractivity contribution in [2.75, 3.05) is 19.8 Å². The smallest absolute Gasteiger partial charge is 0.263 e. The molecule has 1 aliphatic heterocycles. The Hall–Kier alpha value is -0.620. The molecule has 0 bridgehead atoms. The number of carbonyl (C=O) groups excluding carboxylic acids is 1. The molecule has 0 aromatic carbocycles. The predicted octanol–water partition coefficient (Wildman–Crippen LogP) is 1.98. The van der Waals surface area contributed by atoms with Crippen LogP contribution in [-0.2, 0) is 4.74 Å². The van der Waals surface area contributed by atoms with Crippen molar-refractivity contribution in [1.82, 2.24) is 5.32 Å². The number of thiophene rings is 1. The fourth-order valence-electron chi connectivity index (χ4n) is 1.97. The molecule has 1 aliphatic rings. The van der Waals surface area contributed by atoms with Crippen LogP contribution in [0.4, 0.5) is 0 Å². The van der Waals surface area contributed by atoms with Crippen molar-refractivity contribution in [3.8, 4) is 0 Å². The fourth-order valence-corrected chi connectivity index (χ4v) is 3.14. The van der Waals surface area contributed by atoms with Gasteiger partial charge in [0.15, 0.2) is 0 Å². The molecular weight excluding hydrogens is 274 g/mol. The third-order valence-electron chi connectivity index (χ3n) is 3.24. The third-order valence-corrected chi connectivity index (χ3v) is 4.93. The first-order valence-electron chi connectivity index (χ1n) is 5.83. The molecule has 0 unspecified atom stereocenters. The van der Waals surface area contributed by atoms with Gasteiger partial charge in [0, 0.05) is 13.2 Å². The second-order valence-electron chi connectivity index (χ2n) is 4.57. The molecule has 2 heterocycles. The molecular formula is C12H16ClNO3S. The molecule has 1 fully saturated rings. The van der Waals surface area contributed by atoms with Crippen LogP contribution in [0.5, 0.6) is 0 Å². The van der Waals surface area contributed by atoms with Crippen LogP contribution in [0.3, 0.4) is 0 Å². The van der Waals surface area contributed by atoms with Crippen molar-refractivity contribution in [1.29, 1.82) is 0 Å². The molecule has 18 heavy (non-hydrogen) atoms. The lowest BCUT2D eigenvalue weighted by atomic mass is 9.91. The van der Waals surface area contributed by atoms with Crippen LogP contribution in [0.25, 0.3) is 0 Å². The Morgan fingerprint density at radius 2 is 2.28 bits per heavy atom. The van der Waals surface area contributed by atoms with E-state index >= 15 is 0 Å². The quantitative estimate of drug-likeness (QED) is 0.894. The van der Waals surface area contributed by atoms with Crippen LogP contribution >= 0.6 is 22.9 Å². The number of amides is 1. The Kier molecular flexibility index (Phi) is 4.27. The molecule has 1 aromatic rings. The number of hydrogen-bond donors (Lipinski definition) is 2. The molecule has 4 nitrogen and oxygen atoms in total. The molecule has 0 saturated carbocycles. The highest BCUT2D eigenvalue weighted by atomic mass is 35.5. The van der Waals surface area contributed by atoms with Crippen LogP contribution in [0.15, 0.2) is 5.38 Å². The van der Waals surface area contributed by atoms with E-state index in [-0.39, 0.29) is 12.5 Å². The molecule has 2 N–H and O–H groups in total. The molecule has 0 atom stereocenters. The van der Waals surface area contributed by atoms with Gasteiger partial charge in [-0.1, -0.05) is 11.6 Å². The van der Waals surface area contributed by atoms with Gasteiger partial charge < -0.3 is 15.2 Å². The number of rotatable bonds is 3. The standard InChI is InChI=1S/C12H16ClNO3S/c1-8-6-18-10(9(8)13)11(16)14-12(7-15)2-4-17-5-3-12/h6,15H,2-5,7H2,1H3,(H,14,16). The van der Waals surface area contributed by atoms with E-state index in [2.05, 4.69) is 5.32 Å². The van der Waals surface area contributed by atoms with Crippen molar-refractivity contribution >= 4 is 28.8 Å². The summed E-state index contributed by atoms with van der Waals surface area (Å²) in [4.78, 5) is 12.7. The van der Waals surface area contributed by atoms with Crippen molar-refractivity contribution in [2.45, 2.75) is 25.3 Å². The molecule has 6 heteroatoms. The Morgan fingerprint density at radius 1 is 1.61 bits per heavy atom. The Morgan fingerprint density at radius 3 is 2.78 bits per heavy atom. The second-order valence-corrected chi connectivity index (χ2v) is 5.82. The number of aliphatic hydroxyl groups excluding tert-OH is 1. The van der Waals surface area contributed by atoms with Crippen molar-refractivity contribution in [3.63, 3.8) is 0 Å².